The molecule has 0 bridgehead atoms. The summed E-state index contributed by atoms with van der Waals surface area (Å²) in [6.07, 6.45) is 0.512. The van der Waals surface area contributed by atoms with Crippen molar-refractivity contribution in [2.45, 2.75) is 25.6 Å². The molecule has 1 atom stereocenters. The highest BCUT2D eigenvalue weighted by atomic mass is 35.5. The van der Waals surface area contributed by atoms with Crippen LogP contribution in [0.25, 0.3) is 0 Å². The summed E-state index contributed by atoms with van der Waals surface area (Å²) in [6.45, 7) is 1.21. The van der Waals surface area contributed by atoms with Crippen LogP contribution in [0.5, 0.6) is 0 Å². The molecule has 24 heavy (non-hydrogen) atoms. The molecule has 126 valence electrons. The van der Waals surface area contributed by atoms with Gasteiger partial charge in [-0.15, -0.1) is 0 Å². The van der Waals surface area contributed by atoms with Gasteiger partial charge < -0.3 is 10.0 Å². The highest BCUT2D eigenvalue weighted by Gasteiger charge is 2.31. The van der Waals surface area contributed by atoms with E-state index in [1.165, 1.54) is 0 Å². The molecule has 0 amide bonds. The van der Waals surface area contributed by atoms with E-state index in [9.17, 15) is 9.90 Å². The van der Waals surface area contributed by atoms with Crippen LogP contribution in [-0.2, 0) is 24.3 Å². The Kier molecular flexibility index (Phi) is 4.78. The zero-order valence-corrected chi connectivity index (χ0v) is 14.6. The molecule has 1 heterocycles. The monoisotopic (exact) mass is 344 g/mol. The second-order valence-electron chi connectivity index (χ2n) is 6.44. The number of benzene rings is 2. The normalized spacial score (nSPS) is 17.4. The lowest BCUT2D eigenvalue weighted by Gasteiger charge is -2.34. The van der Waals surface area contributed by atoms with Crippen LogP contribution >= 0.6 is 11.6 Å². The third-order valence-corrected chi connectivity index (χ3v) is 4.75. The average Bonchev–Trinajstić information content (AvgIpc) is 2.54. The maximum Gasteiger partial charge on any atom is 0.321 e. The molecule has 0 aromatic heterocycles. The largest absolute Gasteiger partial charge is 0.480 e. The summed E-state index contributed by atoms with van der Waals surface area (Å²) >= 11 is 6.09. The predicted molar refractivity (Wildman–Crippen MR) is 96.6 cm³/mol. The third kappa shape index (κ3) is 3.55. The van der Waals surface area contributed by atoms with Crippen LogP contribution in [0.2, 0.25) is 5.02 Å². The molecule has 3 rings (SSSR count). The highest BCUT2D eigenvalue weighted by molar-refractivity contribution is 6.30. The predicted octanol–water partition coefficient (Wildman–Crippen LogP) is 3.42. The number of carboxylic acid groups (broad SMARTS) is 1. The summed E-state index contributed by atoms with van der Waals surface area (Å²) in [5.74, 6) is -0.777. The Bertz CT molecular complexity index is 744. The summed E-state index contributed by atoms with van der Waals surface area (Å²) in [7, 11) is 4.00. The molecule has 0 aliphatic carbocycles. The van der Waals surface area contributed by atoms with Crippen LogP contribution in [0.3, 0.4) is 0 Å². The topological polar surface area (TPSA) is 43.8 Å². The SMILES string of the molecule is CN(C)c1ccc(CN2Cc3cc(Cl)ccc3C[C@@H]2C(=O)O)cc1. The molecule has 0 saturated heterocycles. The van der Waals surface area contributed by atoms with Crippen LogP contribution in [0.4, 0.5) is 5.69 Å². The number of aliphatic carboxylic acids is 1. The van der Waals surface area contributed by atoms with Crippen LogP contribution in [0.15, 0.2) is 42.5 Å². The standard InChI is InChI=1S/C19H21ClN2O2/c1-21(2)17-7-3-13(4-8-17)11-22-12-15-9-16(20)6-5-14(15)10-18(22)19(23)24/h3-9,18H,10-12H2,1-2H3,(H,23,24)/t18-/m1/s1. The number of hydrogen-bond acceptors (Lipinski definition) is 3. The fourth-order valence-corrected chi connectivity index (χ4v) is 3.35. The first-order chi connectivity index (χ1) is 11.4. The molecule has 4 nitrogen and oxygen atoms in total. The Morgan fingerprint density at radius 1 is 1.21 bits per heavy atom. The van der Waals surface area contributed by atoms with Crippen LogP contribution in [-0.4, -0.2) is 36.1 Å². The zero-order chi connectivity index (χ0) is 17.3. The Hall–Kier alpha value is -2.04. The van der Waals surface area contributed by atoms with Crippen LogP contribution < -0.4 is 4.90 Å². The number of hydrogen-bond donors (Lipinski definition) is 1. The van der Waals surface area contributed by atoms with E-state index in [2.05, 4.69) is 24.3 Å². The first kappa shape index (κ1) is 16.8. The van der Waals surface area contributed by atoms with E-state index in [4.69, 9.17) is 11.6 Å². The van der Waals surface area contributed by atoms with Gasteiger partial charge in [0.15, 0.2) is 0 Å². The number of halogens is 1. The van der Waals surface area contributed by atoms with Gasteiger partial charge in [-0.3, -0.25) is 9.69 Å². The van der Waals surface area contributed by atoms with E-state index in [0.717, 1.165) is 22.4 Å². The average molecular weight is 345 g/mol. The number of carboxylic acids is 1. The maximum atomic E-state index is 11.7. The first-order valence-electron chi connectivity index (χ1n) is 7.94. The molecule has 0 fully saturated rings. The molecule has 5 heteroatoms. The lowest BCUT2D eigenvalue weighted by Crippen LogP contribution is -2.45. The van der Waals surface area contributed by atoms with Crippen molar-refractivity contribution in [3.05, 3.63) is 64.2 Å². The van der Waals surface area contributed by atoms with Crippen molar-refractivity contribution < 1.29 is 9.90 Å². The number of carbonyl (C=O) groups is 1. The van der Waals surface area contributed by atoms with Gasteiger partial charge in [0, 0.05) is 37.9 Å². The van der Waals surface area contributed by atoms with Crippen molar-refractivity contribution in [3.63, 3.8) is 0 Å². The molecule has 0 saturated carbocycles. The third-order valence-electron chi connectivity index (χ3n) is 4.52. The lowest BCUT2D eigenvalue weighted by atomic mass is 9.93. The molecule has 1 N–H and O–H groups in total. The summed E-state index contributed by atoms with van der Waals surface area (Å²) in [6, 6.07) is 13.4. The highest BCUT2D eigenvalue weighted by Crippen LogP contribution is 2.28. The molecule has 2 aromatic carbocycles. The fourth-order valence-electron chi connectivity index (χ4n) is 3.15. The van der Waals surface area contributed by atoms with Crippen molar-refractivity contribution in [1.82, 2.24) is 4.90 Å². The molecule has 1 aliphatic heterocycles. The van der Waals surface area contributed by atoms with Gasteiger partial charge in [-0.2, -0.15) is 0 Å². The molecule has 2 aromatic rings. The van der Waals surface area contributed by atoms with E-state index in [0.29, 0.717) is 24.5 Å². The van der Waals surface area contributed by atoms with Gasteiger partial charge in [-0.1, -0.05) is 29.8 Å². The summed E-state index contributed by atoms with van der Waals surface area (Å²) in [4.78, 5) is 15.8. The number of nitrogens with zero attached hydrogens (tertiary/aromatic N) is 2. The Balaban J connectivity index is 1.83. The van der Waals surface area contributed by atoms with Gasteiger partial charge in [0.25, 0.3) is 0 Å². The second-order valence-corrected chi connectivity index (χ2v) is 6.87. The van der Waals surface area contributed by atoms with Gasteiger partial charge in [0.1, 0.15) is 6.04 Å². The smallest absolute Gasteiger partial charge is 0.321 e. The van der Waals surface area contributed by atoms with Crippen LogP contribution in [0, 0.1) is 0 Å². The van der Waals surface area contributed by atoms with E-state index < -0.39 is 12.0 Å². The summed E-state index contributed by atoms with van der Waals surface area (Å²) in [5, 5.41) is 10.3. The Morgan fingerprint density at radius 3 is 2.54 bits per heavy atom. The van der Waals surface area contributed by atoms with Crippen molar-refractivity contribution in [2.24, 2.45) is 0 Å². The van der Waals surface area contributed by atoms with Gasteiger partial charge in [0.2, 0.25) is 0 Å². The maximum absolute atomic E-state index is 11.7. The molecule has 1 aliphatic rings. The number of rotatable bonds is 4. The Labute approximate surface area is 147 Å². The molecule has 0 radical (unpaired) electrons. The molecular formula is C19H21ClN2O2. The van der Waals surface area contributed by atoms with Gasteiger partial charge in [0.05, 0.1) is 0 Å². The molecular weight excluding hydrogens is 324 g/mol. The fraction of sp³-hybridized carbons (Fsp3) is 0.316. The van der Waals surface area contributed by atoms with Gasteiger partial charge >= 0.3 is 5.97 Å². The lowest BCUT2D eigenvalue weighted by molar-refractivity contribution is -0.144. The summed E-state index contributed by atoms with van der Waals surface area (Å²) in [5.41, 5.74) is 4.43. The minimum atomic E-state index is -0.777. The first-order valence-corrected chi connectivity index (χ1v) is 8.32. The minimum Gasteiger partial charge on any atom is -0.480 e. The van der Waals surface area contributed by atoms with Gasteiger partial charge in [-0.25, -0.2) is 0 Å². The van der Waals surface area contributed by atoms with Crippen molar-refractivity contribution >= 4 is 23.3 Å². The Morgan fingerprint density at radius 2 is 1.92 bits per heavy atom. The van der Waals surface area contributed by atoms with Gasteiger partial charge in [-0.05, 0) is 47.4 Å². The number of fused-ring (bicyclic) bond motifs is 1. The minimum absolute atomic E-state index is 0.507. The quantitative estimate of drug-likeness (QED) is 0.923. The van der Waals surface area contributed by atoms with Crippen LogP contribution in [0.1, 0.15) is 16.7 Å². The van der Waals surface area contributed by atoms with E-state index in [-0.39, 0.29) is 0 Å². The van der Waals surface area contributed by atoms with Crippen molar-refractivity contribution in [2.75, 3.05) is 19.0 Å². The van der Waals surface area contributed by atoms with E-state index in [1.807, 2.05) is 42.1 Å². The number of anilines is 1. The second kappa shape index (κ2) is 6.83. The summed E-state index contributed by atoms with van der Waals surface area (Å²) < 4.78 is 0. The molecule has 0 spiro atoms. The zero-order valence-electron chi connectivity index (χ0n) is 13.9. The van der Waals surface area contributed by atoms with Crippen molar-refractivity contribution in [1.29, 1.82) is 0 Å². The van der Waals surface area contributed by atoms with E-state index in [1.54, 1.807) is 0 Å². The van der Waals surface area contributed by atoms with Crippen molar-refractivity contribution in [3.8, 4) is 0 Å². The van der Waals surface area contributed by atoms with E-state index >= 15 is 0 Å². The molecule has 0 unspecified atom stereocenters.